The van der Waals surface area contributed by atoms with E-state index in [0.717, 1.165) is 35.3 Å². The van der Waals surface area contributed by atoms with E-state index in [1.54, 1.807) is 17.3 Å². The van der Waals surface area contributed by atoms with E-state index < -0.39 is 5.60 Å². The third-order valence-electron chi connectivity index (χ3n) is 6.98. The first-order chi connectivity index (χ1) is 17.1. The number of benzene rings is 1. The minimum Gasteiger partial charge on any atom is -0.435 e. The predicted molar refractivity (Wildman–Crippen MR) is 129 cm³/mol. The highest BCUT2D eigenvalue weighted by molar-refractivity contribution is 5.91. The van der Waals surface area contributed by atoms with Gasteiger partial charge in [0.1, 0.15) is 0 Å². The average molecular weight is 470 g/mol. The van der Waals surface area contributed by atoms with E-state index in [1.807, 2.05) is 41.2 Å². The van der Waals surface area contributed by atoms with E-state index in [0.29, 0.717) is 49.9 Å². The number of hydrogen-bond acceptors (Lipinski definition) is 6. The SMILES string of the molecule is O=C(c1cnc(C2CC2)o1)N1CCC(O)(Cc2ccnn2-c2ccc(-c3cccnc3)cc2)CC1. The Morgan fingerprint density at radius 3 is 2.54 bits per heavy atom. The molecule has 1 amide bonds. The van der Waals surface area contributed by atoms with E-state index in [4.69, 9.17) is 4.42 Å². The Labute approximate surface area is 203 Å². The minimum atomic E-state index is -0.898. The molecule has 0 spiro atoms. The largest absolute Gasteiger partial charge is 0.435 e. The zero-order valence-corrected chi connectivity index (χ0v) is 19.4. The Bertz CT molecular complexity index is 1320. The van der Waals surface area contributed by atoms with Gasteiger partial charge < -0.3 is 14.4 Å². The second kappa shape index (κ2) is 8.78. The molecule has 1 aromatic carbocycles. The van der Waals surface area contributed by atoms with Gasteiger partial charge in [0.25, 0.3) is 5.91 Å². The monoisotopic (exact) mass is 469 g/mol. The van der Waals surface area contributed by atoms with Crippen LogP contribution in [-0.2, 0) is 6.42 Å². The Morgan fingerprint density at radius 2 is 1.83 bits per heavy atom. The van der Waals surface area contributed by atoms with Gasteiger partial charge >= 0.3 is 0 Å². The first kappa shape index (κ1) is 21.7. The lowest BCUT2D eigenvalue weighted by Crippen LogP contribution is -2.48. The number of oxazole rings is 1. The minimum absolute atomic E-state index is 0.148. The van der Waals surface area contributed by atoms with Crippen molar-refractivity contribution in [3.63, 3.8) is 0 Å². The maximum absolute atomic E-state index is 12.8. The van der Waals surface area contributed by atoms with Crippen molar-refractivity contribution >= 4 is 5.91 Å². The molecule has 8 nitrogen and oxygen atoms in total. The summed E-state index contributed by atoms with van der Waals surface area (Å²) < 4.78 is 7.55. The van der Waals surface area contributed by atoms with Crippen LogP contribution in [0.15, 0.2) is 71.7 Å². The summed E-state index contributed by atoms with van der Waals surface area (Å²) in [5.74, 6) is 1.19. The lowest BCUT2D eigenvalue weighted by Gasteiger charge is -2.38. The lowest BCUT2D eigenvalue weighted by atomic mass is 9.87. The summed E-state index contributed by atoms with van der Waals surface area (Å²) in [6.45, 7) is 0.950. The summed E-state index contributed by atoms with van der Waals surface area (Å²) >= 11 is 0. The molecule has 0 bridgehead atoms. The maximum Gasteiger partial charge on any atom is 0.291 e. The molecule has 0 atom stereocenters. The van der Waals surface area contributed by atoms with Crippen LogP contribution in [0.5, 0.6) is 0 Å². The molecule has 1 aliphatic carbocycles. The van der Waals surface area contributed by atoms with Crippen LogP contribution in [0.25, 0.3) is 16.8 Å². The van der Waals surface area contributed by atoms with Crippen molar-refractivity contribution in [3.8, 4) is 16.8 Å². The van der Waals surface area contributed by atoms with Crippen LogP contribution in [0.4, 0.5) is 0 Å². The van der Waals surface area contributed by atoms with Crippen molar-refractivity contribution < 1.29 is 14.3 Å². The smallest absolute Gasteiger partial charge is 0.291 e. The van der Waals surface area contributed by atoms with Crippen molar-refractivity contribution in [2.45, 2.75) is 43.6 Å². The van der Waals surface area contributed by atoms with Crippen molar-refractivity contribution in [1.29, 1.82) is 0 Å². The number of carbonyl (C=O) groups is 1. The fraction of sp³-hybridized carbons (Fsp3) is 0.333. The third kappa shape index (κ3) is 4.49. The zero-order valence-electron chi connectivity index (χ0n) is 19.4. The highest BCUT2D eigenvalue weighted by Crippen LogP contribution is 2.39. The van der Waals surface area contributed by atoms with Gasteiger partial charge in [-0.2, -0.15) is 5.10 Å². The number of amides is 1. The van der Waals surface area contributed by atoms with Crippen LogP contribution < -0.4 is 0 Å². The van der Waals surface area contributed by atoms with Crippen LogP contribution in [0.2, 0.25) is 0 Å². The number of rotatable bonds is 6. The molecule has 35 heavy (non-hydrogen) atoms. The van der Waals surface area contributed by atoms with Crippen LogP contribution in [0.3, 0.4) is 0 Å². The normalized spacial score (nSPS) is 17.5. The summed E-state index contributed by atoms with van der Waals surface area (Å²) in [5.41, 5.74) is 3.12. The first-order valence-corrected chi connectivity index (χ1v) is 12.1. The van der Waals surface area contributed by atoms with Gasteiger partial charge in [0.2, 0.25) is 5.76 Å². The molecule has 0 unspecified atom stereocenters. The molecule has 2 fully saturated rings. The van der Waals surface area contributed by atoms with Gasteiger partial charge in [0, 0.05) is 49.7 Å². The lowest BCUT2D eigenvalue weighted by molar-refractivity contribution is -0.0179. The molecule has 1 saturated heterocycles. The van der Waals surface area contributed by atoms with Gasteiger partial charge in [-0.15, -0.1) is 0 Å². The molecule has 2 aliphatic rings. The molecule has 4 heterocycles. The molecule has 178 valence electrons. The van der Waals surface area contributed by atoms with E-state index in [2.05, 4.69) is 27.2 Å². The van der Waals surface area contributed by atoms with Gasteiger partial charge in [-0.25, -0.2) is 9.67 Å². The molecule has 8 heteroatoms. The van der Waals surface area contributed by atoms with Gasteiger partial charge in [0.15, 0.2) is 5.89 Å². The van der Waals surface area contributed by atoms with Gasteiger partial charge in [-0.3, -0.25) is 9.78 Å². The molecule has 0 radical (unpaired) electrons. The fourth-order valence-electron chi connectivity index (χ4n) is 4.73. The summed E-state index contributed by atoms with van der Waals surface area (Å²) in [6.07, 6.45) is 10.5. The van der Waals surface area contributed by atoms with E-state index in [1.165, 1.54) is 6.20 Å². The molecular weight excluding hydrogens is 442 g/mol. The van der Waals surface area contributed by atoms with Crippen LogP contribution in [0, 0.1) is 0 Å². The number of aliphatic hydroxyl groups is 1. The van der Waals surface area contributed by atoms with Crippen LogP contribution in [0.1, 0.15) is 53.7 Å². The fourth-order valence-corrected chi connectivity index (χ4v) is 4.73. The number of likely N-dealkylation sites (tertiary alicyclic amines) is 1. The van der Waals surface area contributed by atoms with Gasteiger partial charge in [-0.1, -0.05) is 18.2 Å². The maximum atomic E-state index is 12.8. The molecule has 1 saturated carbocycles. The van der Waals surface area contributed by atoms with Crippen LogP contribution >= 0.6 is 0 Å². The summed E-state index contributed by atoms with van der Waals surface area (Å²) in [5, 5.41) is 15.8. The van der Waals surface area contributed by atoms with Crippen molar-refractivity contribution in [2.24, 2.45) is 0 Å². The van der Waals surface area contributed by atoms with E-state index in [9.17, 15) is 9.90 Å². The Kier molecular flexibility index (Phi) is 5.45. The van der Waals surface area contributed by atoms with Crippen molar-refractivity contribution in [2.75, 3.05) is 13.1 Å². The molecule has 4 aromatic rings. The van der Waals surface area contributed by atoms with Crippen molar-refractivity contribution in [3.05, 3.63) is 84.6 Å². The second-order valence-corrected chi connectivity index (χ2v) is 9.55. The average Bonchev–Trinajstić information content (AvgIpc) is 3.44. The molecule has 3 aromatic heterocycles. The number of hydrogen-bond donors (Lipinski definition) is 1. The first-order valence-electron chi connectivity index (χ1n) is 12.1. The summed E-state index contributed by atoms with van der Waals surface area (Å²) in [6, 6.07) is 14.0. The highest BCUT2D eigenvalue weighted by Gasteiger charge is 2.36. The number of pyridine rings is 1. The number of aromatic nitrogens is 4. The predicted octanol–water partition coefficient (Wildman–Crippen LogP) is 4.01. The molecule has 1 N–H and O–H groups in total. The molecule has 6 rings (SSSR count). The summed E-state index contributed by atoms with van der Waals surface area (Å²) in [4.78, 5) is 23.0. The van der Waals surface area contributed by atoms with Crippen molar-refractivity contribution in [1.82, 2.24) is 24.6 Å². The van der Waals surface area contributed by atoms with Crippen LogP contribution in [-0.4, -0.2) is 54.4 Å². The number of nitrogens with zero attached hydrogens (tertiary/aromatic N) is 5. The van der Waals surface area contributed by atoms with Gasteiger partial charge in [-0.05, 0) is 61.1 Å². The standard InChI is InChI=1S/C27H27N5O3/c33-26(24-18-29-25(35-24)20-3-4-20)31-14-10-27(34,11-15-31)16-23-9-13-30-32(23)22-7-5-19(6-8-22)21-2-1-12-28-17-21/h1-2,5-9,12-13,17-18,20,34H,3-4,10-11,14-16H2. The molecule has 1 aliphatic heterocycles. The Hall–Kier alpha value is -3.78. The van der Waals surface area contributed by atoms with Gasteiger partial charge in [0.05, 0.1) is 17.5 Å². The second-order valence-electron chi connectivity index (χ2n) is 9.55. The quantitative estimate of drug-likeness (QED) is 0.458. The van der Waals surface area contributed by atoms with E-state index >= 15 is 0 Å². The number of piperidine rings is 1. The third-order valence-corrected chi connectivity index (χ3v) is 6.98. The zero-order chi connectivity index (χ0) is 23.8. The molecular formula is C27H27N5O3. The summed E-state index contributed by atoms with van der Waals surface area (Å²) in [7, 11) is 0. The Morgan fingerprint density at radius 1 is 1.03 bits per heavy atom. The highest BCUT2D eigenvalue weighted by atomic mass is 16.4. The number of carbonyl (C=O) groups excluding carboxylic acids is 1. The topological polar surface area (TPSA) is 97.3 Å². The Balaban J connectivity index is 1.11. The van der Waals surface area contributed by atoms with E-state index in [-0.39, 0.29) is 5.91 Å².